The number of rotatable bonds is 4. The fourth-order valence-electron chi connectivity index (χ4n) is 4.18. The molecule has 1 heterocycles. The number of ether oxygens (including phenoxy) is 1. The Labute approximate surface area is 244 Å². The summed E-state index contributed by atoms with van der Waals surface area (Å²) in [4.78, 5) is -4.23. The van der Waals surface area contributed by atoms with E-state index in [1.807, 2.05) is 0 Å². The Morgan fingerprint density at radius 2 is 0.850 bits per heavy atom. The molecule has 4 aromatic rings. The largest absolute Gasteiger partial charge is 0.453 e. The summed E-state index contributed by atoms with van der Waals surface area (Å²) in [6.45, 7) is 0. The van der Waals surface area contributed by atoms with E-state index in [9.17, 15) is 42.1 Å². The predicted molar refractivity (Wildman–Crippen MR) is 146 cm³/mol. The monoisotopic (exact) mass is 724 g/mol. The van der Waals surface area contributed by atoms with Gasteiger partial charge in [-0.3, -0.25) is 0 Å². The summed E-state index contributed by atoms with van der Waals surface area (Å²) >= 11 is 0. The first-order chi connectivity index (χ1) is 18.1. The number of sulfone groups is 1. The second kappa shape index (κ2) is 9.05. The summed E-state index contributed by atoms with van der Waals surface area (Å²) < 4.78 is 131. The molecule has 0 N–H and O–H groups in total. The standard InChI is InChI=1S/C20H8Cl4O11S5/c21-37(27,28)9-1-3-11-13(5-9)19-17(7-15(11)39(23,31)32)36(25,26)18-8-16(40(24,33)34)12-4-2-10(38(22,29)30)6-14(12)20(18)35-19/h1-8H. The van der Waals surface area contributed by atoms with Gasteiger partial charge >= 0.3 is 0 Å². The summed E-state index contributed by atoms with van der Waals surface area (Å²) in [5.41, 5.74) is 0. The van der Waals surface area contributed by atoms with Gasteiger partial charge in [0.2, 0.25) is 9.84 Å². The fraction of sp³-hybridized carbons (Fsp3) is 0. The molecule has 0 saturated carbocycles. The van der Waals surface area contributed by atoms with E-state index in [-0.39, 0.29) is 21.5 Å². The van der Waals surface area contributed by atoms with Crippen LogP contribution in [0.15, 0.2) is 77.9 Å². The zero-order chi connectivity index (χ0) is 29.8. The first-order valence-electron chi connectivity index (χ1n) is 10.0. The van der Waals surface area contributed by atoms with Crippen molar-refractivity contribution in [3.8, 4) is 11.5 Å². The van der Waals surface area contributed by atoms with Crippen LogP contribution < -0.4 is 4.74 Å². The molecule has 4 aromatic carbocycles. The van der Waals surface area contributed by atoms with Crippen molar-refractivity contribution in [1.82, 2.24) is 0 Å². The van der Waals surface area contributed by atoms with E-state index >= 15 is 0 Å². The molecule has 0 aliphatic carbocycles. The van der Waals surface area contributed by atoms with E-state index in [4.69, 9.17) is 47.5 Å². The minimum atomic E-state index is -4.88. The third kappa shape index (κ3) is 4.82. The first kappa shape index (κ1) is 29.6. The highest BCUT2D eigenvalue weighted by Crippen LogP contribution is 2.52. The summed E-state index contributed by atoms with van der Waals surface area (Å²) in [7, 11) is -1.04. The van der Waals surface area contributed by atoms with Gasteiger partial charge < -0.3 is 4.74 Å². The molecule has 0 aromatic heterocycles. The Morgan fingerprint density at radius 1 is 0.500 bits per heavy atom. The normalized spacial score (nSPS) is 15.4. The molecule has 0 spiro atoms. The van der Waals surface area contributed by atoms with Crippen LogP contribution in [0.4, 0.5) is 0 Å². The minimum absolute atomic E-state index is 0.246. The Balaban J connectivity index is 2.02. The highest BCUT2D eigenvalue weighted by molar-refractivity contribution is 8.14. The summed E-state index contributed by atoms with van der Waals surface area (Å²) in [6, 6.07) is 6.99. The van der Waals surface area contributed by atoms with Crippen molar-refractivity contribution in [2.75, 3.05) is 0 Å². The molecule has 212 valence electrons. The van der Waals surface area contributed by atoms with Crippen LogP contribution in [0, 0.1) is 0 Å². The van der Waals surface area contributed by atoms with Crippen molar-refractivity contribution in [1.29, 1.82) is 0 Å². The summed E-state index contributed by atoms with van der Waals surface area (Å²) in [6.07, 6.45) is 0. The van der Waals surface area contributed by atoms with Gasteiger partial charge in [-0.25, -0.2) is 42.1 Å². The second-order valence-electron chi connectivity index (χ2n) is 8.18. The van der Waals surface area contributed by atoms with E-state index in [0.29, 0.717) is 12.1 Å². The number of halogens is 4. The van der Waals surface area contributed by atoms with Crippen molar-refractivity contribution in [3.63, 3.8) is 0 Å². The number of hydrogen-bond donors (Lipinski definition) is 0. The highest BCUT2D eigenvalue weighted by atomic mass is 35.7. The highest BCUT2D eigenvalue weighted by Gasteiger charge is 2.38. The Hall–Kier alpha value is -1.89. The molecule has 5 rings (SSSR count). The van der Waals surface area contributed by atoms with Crippen LogP contribution in [-0.4, -0.2) is 42.1 Å². The lowest BCUT2D eigenvalue weighted by atomic mass is 10.1. The van der Waals surface area contributed by atoms with Gasteiger partial charge in [-0.2, -0.15) is 0 Å². The molecular formula is C20H8Cl4O11S5. The van der Waals surface area contributed by atoms with E-state index < -0.39 is 86.9 Å². The van der Waals surface area contributed by atoms with Gasteiger partial charge in [0.1, 0.15) is 9.79 Å². The molecule has 40 heavy (non-hydrogen) atoms. The molecule has 0 bridgehead atoms. The van der Waals surface area contributed by atoms with Gasteiger partial charge in [-0.15, -0.1) is 0 Å². The molecular weight excluding hydrogens is 718 g/mol. The maximum atomic E-state index is 13.9. The molecule has 0 unspecified atom stereocenters. The fourth-order valence-corrected chi connectivity index (χ4v) is 9.62. The Morgan fingerprint density at radius 3 is 1.15 bits per heavy atom. The van der Waals surface area contributed by atoms with Crippen molar-refractivity contribution in [2.24, 2.45) is 0 Å². The van der Waals surface area contributed by atoms with Gasteiger partial charge in [0.05, 0.1) is 19.6 Å². The molecule has 1 aliphatic heterocycles. The average molecular weight is 726 g/mol. The van der Waals surface area contributed by atoms with Gasteiger partial charge in [0.15, 0.2) is 11.5 Å². The van der Waals surface area contributed by atoms with Crippen molar-refractivity contribution in [3.05, 3.63) is 48.5 Å². The topological polar surface area (TPSA) is 180 Å². The summed E-state index contributed by atoms with van der Waals surface area (Å²) in [5.74, 6) is -1.15. The smallest absolute Gasteiger partial charge is 0.261 e. The van der Waals surface area contributed by atoms with Gasteiger partial charge in [0, 0.05) is 64.3 Å². The second-order valence-corrected chi connectivity index (χ2v) is 20.3. The minimum Gasteiger partial charge on any atom is -0.453 e. The molecule has 0 radical (unpaired) electrons. The van der Waals surface area contributed by atoms with Gasteiger partial charge in [-0.1, -0.05) is 12.1 Å². The lowest BCUT2D eigenvalue weighted by Gasteiger charge is -2.25. The SMILES string of the molecule is O=S(=O)(Cl)c1ccc2c(S(=O)(=O)Cl)cc3c(c2c1)Oc1c(cc(S(=O)(=O)Cl)c2ccc(S(=O)(=O)Cl)cc12)S3(=O)=O. The van der Waals surface area contributed by atoms with Crippen LogP contribution in [0.2, 0.25) is 0 Å². The molecule has 11 nitrogen and oxygen atoms in total. The number of hydrogen-bond acceptors (Lipinski definition) is 11. The van der Waals surface area contributed by atoms with E-state index in [1.54, 1.807) is 0 Å². The van der Waals surface area contributed by atoms with Gasteiger partial charge in [0.25, 0.3) is 36.2 Å². The molecule has 0 atom stereocenters. The van der Waals surface area contributed by atoms with Crippen LogP contribution in [0.1, 0.15) is 0 Å². The van der Waals surface area contributed by atoms with Crippen LogP contribution in [0.25, 0.3) is 21.5 Å². The van der Waals surface area contributed by atoms with Crippen LogP contribution in [-0.2, 0) is 46.0 Å². The maximum absolute atomic E-state index is 13.9. The van der Waals surface area contributed by atoms with Crippen LogP contribution in [0.3, 0.4) is 0 Å². The predicted octanol–water partition coefficient (Wildman–Crippen LogP) is 4.64. The number of benzene rings is 4. The molecule has 0 fully saturated rings. The summed E-state index contributed by atoms with van der Waals surface area (Å²) in [5, 5.41) is -1.22. The Kier molecular flexibility index (Phi) is 6.70. The molecule has 0 amide bonds. The van der Waals surface area contributed by atoms with Gasteiger partial charge in [-0.05, 0) is 36.4 Å². The van der Waals surface area contributed by atoms with Crippen LogP contribution >= 0.6 is 42.7 Å². The maximum Gasteiger partial charge on any atom is 0.261 e. The van der Waals surface area contributed by atoms with E-state index in [0.717, 1.165) is 36.4 Å². The molecule has 0 saturated heterocycles. The van der Waals surface area contributed by atoms with E-state index in [2.05, 4.69) is 0 Å². The third-order valence-corrected chi connectivity index (χ3v) is 13.0. The molecule has 20 heteroatoms. The third-order valence-electron chi connectivity index (χ3n) is 5.85. The van der Waals surface area contributed by atoms with Crippen molar-refractivity contribution in [2.45, 2.75) is 29.4 Å². The Bertz CT molecular complexity index is 2240. The average Bonchev–Trinajstić information content (AvgIpc) is 2.80. The van der Waals surface area contributed by atoms with E-state index in [1.165, 1.54) is 0 Å². The zero-order valence-electron chi connectivity index (χ0n) is 18.7. The lowest BCUT2D eigenvalue weighted by molar-refractivity contribution is 0.452. The number of fused-ring (bicyclic) bond motifs is 6. The van der Waals surface area contributed by atoms with Crippen molar-refractivity contribution < 1.29 is 46.8 Å². The molecule has 1 aliphatic rings. The van der Waals surface area contributed by atoms with Crippen molar-refractivity contribution >= 4 is 110 Å². The van der Waals surface area contributed by atoms with Crippen LogP contribution in [0.5, 0.6) is 11.5 Å². The zero-order valence-corrected chi connectivity index (χ0v) is 25.8. The first-order valence-corrected chi connectivity index (χ1v) is 20.8. The quantitative estimate of drug-likeness (QED) is 0.236. The lowest BCUT2D eigenvalue weighted by Crippen LogP contribution is -2.14.